The number of likely N-dealkylation sites (N-methyl/N-ethyl adjacent to an activating group) is 1. The van der Waals surface area contributed by atoms with E-state index in [0.717, 1.165) is 0 Å². The molecule has 0 saturated carbocycles. The second-order valence-electron chi connectivity index (χ2n) is 3.76. The summed E-state index contributed by atoms with van der Waals surface area (Å²) in [6.07, 6.45) is 0.155. The molecule has 0 bridgehead atoms. The molecule has 86 valence electrons. The van der Waals surface area contributed by atoms with Crippen molar-refractivity contribution < 1.29 is 13.9 Å². The summed E-state index contributed by atoms with van der Waals surface area (Å²) >= 11 is 3.17. The lowest BCUT2D eigenvalue weighted by Crippen LogP contribution is -2.29. The van der Waals surface area contributed by atoms with Crippen LogP contribution in [0.1, 0.15) is 6.42 Å². The molecule has 16 heavy (non-hydrogen) atoms. The molecule has 1 saturated heterocycles. The molecule has 1 unspecified atom stereocenters. The lowest BCUT2D eigenvalue weighted by molar-refractivity contribution is -0.132. The molecule has 2 rings (SSSR count). The highest BCUT2D eigenvalue weighted by Gasteiger charge is 2.30. The van der Waals surface area contributed by atoms with Gasteiger partial charge in [0.2, 0.25) is 0 Å². The number of nitrogens with zero attached hydrogens (tertiary/aromatic N) is 1. The van der Waals surface area contributed by atoms with Crippen LogP contribution in [-0.2, 0) is 4.79 Å². The third-order valence-corrected chi connectivity index (χ3v) is 2.95. The van der Waals surface area contributed by atoms with Gasteiger partial charge in [-0.05, 0) is 12.1 Å². The highest BCUT2D eigenvalue weighted by molar-refractivity contribution is 9.10. The van der Waals surface area contributed by atoms with Gasteiger partial charge in [-0.1, -0.05) is 15.9 Å². The van der Waals surface area contributed by atoms with Crippen molar-refractivity contribution in [2.24, 2.45) is 0 Å². The molecule has 1 aromatic carbocycles. The second kappa shape index (κ2) is 4.41. The predicted octanol–water partition coefficient (Wildman–Crippen LogP) is 2.20. The van der Waals surface area contributed by atoms with Gasteiger partial charge in [0.05, 0.1) is 0 Å². The van der Waals surface area contributed by atoms with Crippen LogP contribution in [0.25, 0.3) is 0 Å². The maximum absolute atomic E-state index is 13.1. The average Bonchev–Trinajstić information content (AvgIpc) is 2.48. The summed E-state index contributed by atoms with van der Waals surface area (Å²) in [7, 11) is 1.73. The summed E-state index contributed by atoms with van der Waals surface area (Å²) in [6.45, 7) is 0.681. The number of amides is 1. The number of likely N-dealkylation sites (tertiary alicyclic amines) is 1. The van der Waals surface area contributed by atoms with E-state index in [2.05, 4.69) is 15.9 Å². The van der Waals surface area contributed by atoms with Gasteiger partial charge in [0.15, 0.2) is 6.10 Å². The number of ether oxygens (including phenoxy) is 1. The molecule has 1 aromatic rings. The van der Waals surface area contributed by atoms with Crippen molar-refractivity contribution in [2.75, 3.05) is 13.6 Å². The quantitative estimate of drug-likeness (QED) is 0.835. The zero-order valence-corrected chi connectivity index (χ0v) is 10.3. The Morgan fingerprint density at radius 2 is 2.25 bits per heavy atom. The number of halogens is 2. The summed E-state index contributed by atoms with van der Waals surface area (Å²) in [5, 5.41) is 0. The molecule has 1 amide bonds. The van der Waals surface area contributed by atoms with Crippen molar-refractivity contribution in [1.82, 2.24) is 4.90 Å². The van der Waals surface area contributed by atoms with Crippen molar-refractivity contribution in [3.05, 3.63) is 28.5 Å². The van der Waals surface area contributed by atoms with E-state index in [-0.39, 0.29) is 11.7 Å². The van der Waals surface area contributed by atoms with Crippen LogP contribution in [-0.4, -0.2) is 30.5 Å². The van der Waals surface area contributed by atoms with Crippen molar-refractivity contribution in [2.45, 2.75) is 12.5 Å². The van der Waals surface area contributed by atoms with Gasteiger partial charge in [-0.25, -0.2) is 4.39 Å². The number of carbonyl (C=O) groups is 1. The minimum absolute atomic E-state index is 0.0552. The fourth-order valence-electron chi connectivity index (χ4n) is 1.66. The van der Waals surface area contributed by atoms with Gasteiger partial charge in [-0.3, -0.25) is 4.79 Å². The number of hydrogen-bond donors (Lipinski definition) is 0. The smallest absolute Gasteiger partial charge is 0.263 e. The van der Waals surface area contributed by atoms with E-state index >= 15 is 0 Å². The maximum Gasteiger partial charge on any atom is 0.263 e. The van der Waals surface area contributed by atoms with Crippen molar-refractivity contribution in [3.63, 3.8) is 0 Å². The zero-order valence-electron chi connectivity index (χ0n) is 8.74. The molecule has 0 N–H and O–H groups in total. The number of benzene rings is 1. The Bertz CT molecular complexity index is 404. The second-order valence-corrected chi connectivity index (χ2v) is 4.68. The summed E-state index contributed by atoms with van der Waals surface area (Å²) < 4.78 is 19.1. The summed E-state index contributed by atoms with van der Waals surface area (Å²) in [5.41, 5.74) is 0. The summed E-state index contributed by atoms with van der Waals surface area (Å²) in [6, 6.07) is 4.26. The van der Waals surface area contributed by atoms with Crippen LogP contribution in [0, 0.1) is 5.82 Å². The molecule has 5 heteroatoms. The van der Waals surface area contributed by atoms with Crippen LogP contribution >= 0.6 is 15.9 Å². The van der Waals surface area contributed by atoms with Crippen LogP contribution in [0.2, 0.25) is 0 Å². The van der Waals surface area contributed by atoms with Crippen molar-refractivity contribution in [1.29, 1.82) is 0 Å². The Balaban J connectivity index is 2.12. The van der Waals surface area contributed by atoms with E-state index in [1.165, 1.54) is 12.1 Å². The molecular weight excluding hydrogens is 277 g/mol. The van der Waals surface area contributed by atoms with Gasteiger partial charge in [-0.15, -0.1) is 0 Å². The van der Waals surface area contributed by atoms with Crippen molar-refractivity contribution >= 4 is 21.8 Å². The first-order valence-corrected chi connectivity index (χ1v) is 5.73. The monoisotopic (exact) mass is 287 g/mol. The first-order chi connectivity index (χ1) is 7.56. The topological polar surface area (TPSA) is 29.5 Å². The van der Waals surface area contributed by atoms with Crippen LogP contribution in [0.4, 0.5) is 4.39 Å². The van der Waals surface area contributed by atoms with E-state index < -0.39 is 6.10 Å². The Morgan fingerprint density at radius 3 is 2.81 bits per heavy atom. The highest BCUT2D eigenvalue weighted by atomic mass is 79.9. The number of hydrogen-bond acceptors (Lipinski definition) is 2. The standard InChI is InChI=1S/C11H11BrFNO2/c1-14-3-2-10(11(14)15)16-9-5-7(12)4-8(13)6-9/h4-6,10H,2-3H2,1H3. The van der Waals surface area contributed by atoms with Gasteiger partial charge < -0.3 is 9.64 Å². The van der Waals surface area contributed by atoms with Crippen LogP contribution in [0.15, 0.2) is 22.7 Å². The normalized spacial score (nSPS) is 20.3. The summed E-state index contributed by atoms with van der Waals surface area (Å²) in [5.74, 6) is -0.0657. The minimum Gasteiger partial charge on any atom is -0.480 e. The largest absolute Gasteiger partial charge is 0.480 e. The predicted molar refractivity (Wildman–Crippen MR) is 60.8 cm³/mol. The lowest BCUT2D eigenvalue weighted by Gasteiger charge is -2.13. The van der Waals surface area contributed by atoms with Gasteiger partial charge in [-0.2, -0.15) is 0 Å². The zero-order chi connectivity index (χ0) is 11.7. The van der Waals surface area contributed by atoms with Gasteiger partial charge >= 0.3 is 0 Å². The highest BCUT2D eigenvalue weighted by Crippen LogP contribution is 2.23. The van der Waals surface area contributed by atoms with Crippen molar-refractivity contribution in [3.8, 4) is 5.75 Å². The van der Waals surface area contributed by atoms with Gasteiger partial charge in [0, 0.05) is 30.6 Å². The first-order valence-electron chi connectivity index (χ1n) is 4.94. The molecule has 1 atom stereocenters. The van der Waals surface area contributed by atoms with E-state index in [9.17, 15) is 9.18 Å². The molecule has 0 spiro atoms. The molecule has 1 aliphatic rings. The van der Waals surface area contributed by atoms with Crippen LogP contribution < -0.4 is 4.74 Å². The third kappa shape index (κ3) is 2.35. The Morgan fingerprint density at radius 1 is 1.50 bits per heavy atom. The minimum atomic E-state index is -0.487. The molecule has 0 radical (unpaired) electrons. The Kier molecular flexibility index (Phi) is 3.14. The average molecular weight is 288 g/mol. The molecule has 0 aromatic heterocycles. The Labute approximate surface area is 101 Å². The maximum atomic E-state index is 13.1. The van der Waals surface area contributed by atoms with Gasteiger partial charge in [0.25, 0.3) is 5.91 Å². The molecule has 0 aliphatic carbocycles. The Hall–Kier alpha value is -1.10. The van der Waals surface area contributed by atoms with Crippen LogP contribution in [0.3, 0.4) is 0 Å². The number of rotatable bonds is 2. The fourth-order valence-corrected chi connectivity index (χ4v) is 2.10. The van der Waals surface area contributed by atoms with E-state index in [1.54, 1.807) is 18.0 Å². The SMILES string of the molecule is CN1CCC(Oc2cc(F)cc(Br)c2)C1=O. The molecule has 1 fully saturated rings. The molecule has 1 heterocycles. The van der Waals surface area contributed by atoms with Gasteiger partial charge in [0.1, 0.15) is 11.6 Å². The molecule has 3 nitrogen and oxygen atoms in total. The molecular formula is C11H11BrFNO2. The first kappa shape index (κ1) is 11.4. The van der Waals surface area contributed by atoms with E-state index in [4.69, 9.17) is 4.74 Å². The van der Waals surface area contributed by atoms with Crippen LogP contribution in [0.5, 0.6) is 5.75 Å². The van der Waals surface area contributed by atoms with E-state index in [1.807, 2.05) is 0 Å². The fraction of sp³-hybridized carbons (Fsp3) is 0.364. The van der Waals surface area contributed by atoms with E-state index in [0.29, 0.717) is 23.2 Å². The number of carbonyl (C=O) groups excluding carboxylic acids is 1. The summed E-state index contributed by atoms with van der Waals surface area (Å²) in [4.78, 5) is 13.2. The molecule has 1 aliphatic heterocycles. The lowest BCUT2D eigenvalue weighted by atomic mass is 10.3. The third-order valence-electron chi connectivity index (χ3n) is 2.49.